The Balaban J connectivity index is 1.78. The Kier molecular flexibility index (Phi) is 5.55. The molecule has 1 aliphatic rings. The lowest BCUT2D eigenvalue weighted by atomic mass is 10.0. The molecular formula is C18H21FN2O4S2. The Morgan fingerprint density at radius 1 is 0.963 bits per heavy atom. The molecule has 27 heavy (non-hydrogen) atoms. The van der Waals surface area contributed by atoms with E-state index in [0.717, 1.165) is 37.1 Å². The first-order chi connectivity index (χ1) is 12.7. The zero-order chi connectivity index (χ0) is 19.7. The third-order valence-corrected chi connectivity index (χ3v) is 7.76. The van der Waals surface area contributed by atoms with Gasteiger partial charge in [0.1, 0.15) is 5.82 Å². The van der Waals surface area contributed by atoms with Gasteiger partial charge in [0.25, 0.3) is 10.0 Å². The van der Waals surface area contributed by atoms with Crippen LogP contribution in [-0.4, -0.2) is 34.2 Å². The minimum atomic E-state index is -3.88. The first kappa shape index (κ1) is 19.8. The van der Waals surface area contributed by atoms with E-state index in [0.29, 0.717) is 19.0 Å². The van der Waals surface area contributed by atoms with Crippen molar-refractivity contribution < 1.29 is 21.2 Å². The molecule has 6 nitrogen and oxygen atoms in total. The first-order valence-corrected chi connectivity index (χ1v) is 11.5. The molecule has 9 heteroatoms. The monoisotopic (exact) mass is 412 g/mol. The lowest BCUT2D eigenvalue weighted by Crippen LogP contribution is -2.39. The van der Waals surface area contributed by atoms with E-state index < -0.39 is 25.9 Å². The second-order valence-corrected chi connectivity index (χ2v) is 10.3. The van der Waals surface area contributed by atoms with Crippen molar-refractivity contribution in [3.05, 3.63) is 54.3 Å². The van der Waals surface area contributed by atoms with Crippen LogP contribution >= 0.6 is 0 Å². The van der Waals surface area contributed by atoms with Crippen molar-refractivity contribution in [2.24, 2.45) is 5.92 Å². The van der Waals surface area contributed by atoms with E-state index in [1.807, 2.05) is 6.92 Å². The zero-order valence-electron chi connectivity index (χ0n) is 14.8. The number of rotatable bonds is 5. The van der Waals surface area contributed by atoms with E-state index in [2.05, 4.69) is 4.72 Å². The number of hydrogen-bond acceptors (Lipinski definition) is 4. The van der Waals surface area contributed by atoms with Crippen molar-refractivity contribution in [3.63, 3.8) is 0 Å². The SMILES string of the molecule is C[C@H]1CCCN(S(=O)(=O)c2ccc(NS(=O)(=O)c3ccc(F)cc3)cc2)C1. The summed E-state index contributed by atoms with van der Waals surface area (Å²) in [6.07, 6.45) is 1.84. The lowest BCUT2D eigenvalue weighted by molar-refractivity contribution is 0.281. The summed E-state index contributed by atoms with van der Waals surface area (Å²) in [5, 5.41) is 0. The molecule has 0 amide bonds. The fourth-order valence-electron chi connectivity index (χ4n) is 3.04. The maximum atomic E-state index is 13.0. The van der Waals surface area contributed by atoms with E-state index in [1.165, 1.54) is 28.6 Å². The number of nitrogens with one attached hydrogen (secondary N) is 1. The van der Waals surface area contributed by atoms with E-state index in [9.17, 15) is 21.2 Å². The van der Waals surface area contributed by atoms with Crippen LogP contribution in [-0.2, 0) is 20.0 Å². The maximum Gasteiger partial charge on any atom is 0.261 e. The van der Waals surface area contributed by atoms with Crippen LogP contribution < -0.4 is 4.72 Å². The van der Waals surface area contributed by atoms with Gasteiger partial charge in [-0.05, 0) is 67.3 Å². The average Bonchev–Trinajstić information content (AvgIpc) is 2.62. The summed E-state index contributed by atoms with van der Waals surface area (Å²) in [5.41, 5.74) is 0.227. The Morgan fingerprint density at radius 2 is 1.56 bits per heavy atom. The topological polar surface area (TPSA) is 83.6 Å². The quantitative estimate of drug-likeness (QED) is 0.818. The van der Waals surface area contributed by atoms with Crippen LogP contribution in [0.5, 0.6) is 0 Å². The smallest absolute Gasteiger partial charge is 0.261 e. The molecule has 2 aromatic carbocycles. The molecule has 146 valence electrons. The second kappa shape index (κ2) is 7.57. The van der Waals surface area contributed by atoms with Crippen LogP contribution in [0, 0.1) is 11.7 Å². The van der Waals surface area contributed by atoms with Crippen LogP contribution in [0.4, 0.5) is 10.1 Å². The summed E-state index contributed by atoms with van der Waals surface area (Å²) >= 11 is 0. The highest BCUT2D eigenvalue weighted by atomic mass is 32.2. The van der Waals surface area contributed by atoms with Gasteiger partial charge in [-0.3, -0.25) is 4.72 Å². The van der Waals surface area contributed by atoms with Crippen LogP contribution in [0.25, 0.3) is 0 Å². The largest absolute Gasteiger partial charge is 0.280 e. The van der Waals surface area contributed by atoms with Gasteiger partial charge in [-0.15, -0.1) is 0 Å². The molecule has 0 saturated carbocycles. The number of halogens is 1. The molecule has 0 radical (unpaired) electrons. The van der Waals surface area contributed by atoms with Crippen molar-refractivity contribution in [2.45, 2.75) is 29.6 Å². The van der Waals surface area contributed by atoms with E-state index in [4.69, 9.17) is 0 Å². The van der Waals surface area contributed by atoms with Crippen molar-refractivity contribution in [1.82, 2.24) is 4.31 Å². The molecule has 1 atom stereocenters. The van der Waals surface area contributed by atoms with Gasteiger partial charge in [-0.2, -0.15) is 4.31 Å². The molecule has 0 aromatic heterocycles. The minimum Gasteiger partial charge on any atom is -0.280 e. The Morgan fingerprint density at radius 3 is 2.15 bits per heavy atom. The number of benzene rings is 2. The molecule has 1 fully saturated rings. The van der Waals surface area contributed by atoms with Gasteiger partial charge in [0.2, 0.25) is 10.0 Å². The van der Waals surface area contributed by atoms with Crippen LogP contribution in [0.3, 0.4) is 0 Å². The third-order valence-electron chi connectivity index (χ3n) is 4.49. The molecule has 1 heterocycles. The molecule has 1 aliphatic heterocycles. The van der Waals surface area contributed by atoms with E-state index >= 15 is 0 Å². The Labute approximate surface area is 159 Å². The average molecular weight is 413 g/mol. The predicted molar refractivity (Wildman–Crippen MR) is 101 cm³/mol. The van der Waals surface area contributed by atoms with Gasteiger partial charge in [0.15, 0.2) is 0 Å². The van der Waals surface area contributed by atoms with Crippen molar-refractivity contribution in [2.75, 3.05) is 17.8 Å². The van der Waals surface area contributed by atoms with Crippen molar-refractivity contribution in [1.29, 1.82) is 0 Å². The number of hydrogen-bond donors (Lipinski definition) is 1. The Bertz CT molecular complexity index is 1000. The standard InChI is InChI=1S/C18H21FN2O4S2/c1-14-3-2-12-21(13-14)27(24,25)18-10-6-16(7-11-18)20-26(22,23)17-8-4-15(19)5-9-17/h4-11,14,20H,2-3,12-13H2,1H3/t14-/m0/s1. The molecular weight excluding hydrogens is 391 g/mol. The molecule has 1 N–H and O–H groups in total. The van der Waals surface area contributed by atoms with Crippen LogP contribution in [0.15, 0.2) is 58.3 Å². The van der Waals surface area contributed by atoms with Gasteiger partial charge in [0, 0.05) is 18.8 Å². The van der Waals surface area contributed by atoms with E-state index in [1.54, 1.807) is 0 Å². The van der Waals surface area contributed by atoms with Gasteiger partial charge < -0.3 is 0 Å². The predicted octanol–water partition coefficient (Wildman–Crippen LogP) is 3.05. The number of sulfonamides is 2. The summed E-state index contributed by atoms with van der Waals surface area (Å²) in [7, 11) is -7.48. The second-order valence-electron chi connectivity index (χ2n) is 6.69. The molecule has 0 aliphatic carbocycles. The fourth-order valence-corrected chi connectivity index (χ4v) is 5.69. The zero-order valence-corrected chi connectivity index (χ0v) is 16.4. The molecule has 0 unspecified atom stereocenters. The molecule has 2 aromatic rings. The minimum absolute atomic E-state index is 0.0806. The molecule has 1 saturated heterocycles. The number of piperidine rings is 1. The summed E-state index contributed by atoms with van der Waals surface area (Å²) in [6.45, 7) is 3.00. The van der Waals surface area contributed by atoms with E-state index in [-0.39, 0.29) is 15.5 Å². The number of anilines is 1. The van der Waals surface area contributed by atoms with Crippen LogP contribution in [0.1, 0.15) is 19.8 Å². The highest BCUT2D eigenvalue weighted by molar-refractivity contribution is 7.92. The molecule has 0 spiro atoms. The van der Waals surface area contributed by atoms with Gasteiger partial charge >= 0.3 is 0 Å². The summed E-state index contributed by atoms with van der Waals surface area (Å²) in [6, 6.07) is 10.0. The van der Waals surface area contributed by atoms with Gasteiger partial charge in [0.05, 0.1) is 9.79 Å². The van der Waals surface area contributed by atoms with Crippen molar-refractivity contribution >= 4 is 25.7 Å². The normalized spacial score (nSPS) is 19.0. The van der Waals surface area contributed by atoms with Crippen molar-refractivity contribution in [3.8, 4) is 0 Å². The lowest BCUT2D eigenvalue weighted by Gasteiger charge is -2.30. The highest BCUT2D eigenvalue weighted by Crippen LogP contribution is 2.25. The first-order valence-electron chi connectivity index (χ1n) is 8.57. The number of nitrogens with zero attached hydrogens (tertiary/aromatic N) is 1. The summed E-state index contributed by atoms with van der Waals surface area (Å²) < 4.78 is 66.9. The third kappa shape index (κ3) is 4.48. The van der Waals surface area contributed by atoms with Gasteiger partial charge in [-0.1, -0.05) is 6.92 Å². The summed E-state index contributed by atoms with van der Waals surface area (Å²) in [4.78, 5) is 0.0456. The maximum absolute atomic E-state index is 13.0. The summed E-state index contributed by atoms with van der Waals surface area (Å²) in [5.74, 6) is -0.217. The highest BCUT2D eigenvalue weighted by Gasteiger charge is 2.28. The Hall–Kier alpha value is -1.97. The molecule has 0 bridgehead atoms. The van der Waals surface area contributed by atoms with Crippen LogP contribution in [0.2, 0.25) is 0 Å². The molecule has 3 rings (SSSR count). The fraction of sp³-hybridized carbons (Fsp3) is 0.333. The van der Waals surface area contributed by atoms with Gasteiger partial charge in [-0.25, -0.2) is 21.2 Å².